The maximum atomic E-state index is 2.70. The average molecular weight is 235 g/mol. The summed E-state index contributed by atoms with van der Waals surface area (Å²) in [6.07, 6.45) is 1.29. The van der Waals surface area contributed by atoms with E-state index in [-0.39, 0.29) is 0 Å². The van der Waals surface area contributed by atoms with E-state index in [1.807, 2.05) is 0 Å². The molecule has 1 aromatic rings. The van der Waals surface area contributed by atoms with Gasteiger partial charge in [0.15, 0.2) is 0 Å². The SMILES string of the molecule is CCC(C)[SiH](c1ccccc1)N(CC)CC. The molecule has 0 aliphatic carbocycles. The molecule has 0 saturated carbocycles. The van der Waals surface area contributed by atoms with E-state index in [1.165, 1.54) is 19.5 Å². The van der Waals surface area contributed by atoms with E-state index in [4.69, 9.17) is 0 Å². The molecule has 0 heterocycles. The fourth-order valence-electron chi connectivity index (χ4n) is 2.39. The van der Waals surface area contributed by atoms with Crippen LogP contribution in [-0.4, -0.2) is 26.6 Å². The van der Waals surface area contributed by atoms with Crippen LogP contribution in [0.15, 0.2) is 30.3 Å². The van der Waals surface area contributed by atoms with E-state index in [2.05, 4.69) is 62.6 Å². The normalized spacial score (nSPS) is 15.1. The van der Waals surface area contributed by atoms with Crippen LogP contribution in [-0.2, 0) is 0 Å². The summed E-state index contributed by atoms with van der Waals surface area (Å²) in [6, 6.07) is 11.1. The van der Waals surface area contributed by atoms with Gasteiger partial charge in [-0.05, 0) is 23.8 Å². The summed E-state index contributed by atoms with van der Waals surface area (Å²) >= 11 is 0. The van der Waals surface area contributed by atoms with Crippen molar-refractivity contribution in [3.05, 3.63) is 30.3 Å². The van der Waals surface area contributed by atoms with Crippen LogP contribution in [0.4, 0.5) is 0 Å². The molecule has 1 nitrogen and oxygen atoms in total. The summed E-state index contributed by atoms with van der Waals surface area (Å²) in [7, 11) is -0.968. The molecule has 0 aliphatic heterocycles. The second kappa shape index (κ2) is 6.87. The largest absolute Gasteiger partial charge is 0.323 e. The highest BCUT2D eigenvalue weighted by Gasteiger charge is 2.24. The third kappa shape index (κ3) is 3.19. The summed E-state index contributed by atoms with van der Waals surface area (Å²) in [5.41, 5.74) is 0.849. The lowest BCUT2D eigenvalue weighted by Gasteiger charge is -2.33. The molecule has 90 valence electrons. The van der Waals surface area contributed by atoms with Crippen molar-refractivity contribution in [2.24, 2.45) is 0 Å². The smallest absolute Gasteiger partial charge is 0.146 e. The fourth-order valence-corrected chi connectivity index (χ4v) is 6.04. The minimum absolute atomic E-state index is 0.849. The predicted molar refractivity (Wildman–Crippen MR) is 75.9 cm³/mol. The zero-order valence-corrected chi connectivity index (χ0v) is 12.3. The standard InChI is InChI=1S/C14H25NSi/c1-5-13(4)16(15(6-2)7-3)14-11-9-8-10-12-14/h8-13,16H,5-7H2,1-4H3. The number of hydrogen-bond acceptors (Lipinski definition) is 1. The van der Waals surface area contributed by atoms with Gasteiger partial charge in [-0.1, -0.05) is 64.4 Å². The molecule has 0 aliphatic rings. The number of hydrogen-bond donors (Lipinski definition) is 0. The van der Waals surface area contributed by atoms with Crippen LogP contribution in [0.25, 0.3) is 0 Å². The highest BCUT2D eigenvalue weighted by Crippen LogP contribution is 2.16. The van der Waals surface area contributed by atoms with Crippen molar-refractivity contribution in [1.82, 2.24) is 4.57 Å². The second-order valence-corrected chi connectivity index (χ2v) is 7.89. The monoisotopic (exact) mass is 235 g/mol. The Labute approximate surface area is 102 Å². The third-order valence-corrected chi connectivity index (χ3v) is 7.66. The molecule has 1 rings (SSSR count). The van der Waals surface area contributed by atoms with Crippen LogP contribution < -0.4 is 5.19 Å². The van der Waals surface area contributed by atoms with Gasteiger partial charge in [-0.3, -0.25) is 0 Å². The minimum Gasteiger partial charge on any atom is -0.323 e. The lowest BCUT2D eigenvalue weighted by atomic mass is 10.4. The fraction of sp³-hybridized carbons (Fsp3) is 0.571. The molecule has 0 fully saturated rings. The first-order valence-electron chi connectivity index (χ1n) is 6.53. The predicted octanol–water partition coefficient (Wildman–Crippen LogP) is 2.76. The first kappa shape index (κ1) is 13.5. The summed E-state index contributed by atoms with van der Waals surface area (Å²) in [5.74, 6) is 0. The zero-order chi connectivity index (χ0) is 12.0. The Bertz CT molecular complexity index is 282. The number of rotatable bonds is 6. The maximum absolute atomic E-state index is 2.70. The molecule has 0 N–H and O–H groups in total. The summed E-state index contributed by atoms with van der Waals surface area (Å²) < 4.78 is 2.70. The molecule has 1 aromatic carbocycles. The van der Waals surface area contributed by atoms with E-state index in [9.17, 15) is 0 Å². The highest BCUT2D eigenvalue weighted by atomic mass is 28.3. The first-order chi connectivity index (χ1) is 7.74. The van der Waals surface area contributed by atoms with E-state index >= 15 is 0 Å². The van der Waals surface area contributed by atoms with Gasteiger partial charge in [0.1, 0.15) is 8.96 Å². The number of benzene rings is 1. The van der Waals surface area contributed by atoms with Gasteiger partial charge in [0.2, 0.25) is 0 Å². The van der Waals surface area contributed by atoms with Crippen LogP contribution >= 0.6 is 0 Å². The quantitative estimate of drug-likeness (QED) is 0.685. The first-order valence-corrected chi connectivity index (χ1v) is 8.29. The van der Waals surface area contributed by atoms with Crippen molar-refractivity contribution in [2.45, 2.75) is 39.7 Å². The third-order valence-electron chi connectivity index (χ3n) is 3.53. The van der Waals surface area contributed by atoms with E-state index in [1.54, 1.807) is 5.19 Å². The molecule has 0 bridgehead atoms. The van der Waals surface area contributed by atoms with Crippen molar-refractivity contribution in [1.29, 1.82) is 0 Å². The van der Waals surface area contributed by atoms with Crippen molar-refractivity contribution in [3.8, 4) is 0 Å². The van der Waals surface area contributed by atoms with Crippen LogP contribution in [0, 0.1) is 0 Å². The van der Waals surface area contributed by atoms with Crippen molar-refractivity contribution >= 4 is 14.1 Å². The molecule has 0 amide bonds. The van der Waals surface area contributed by atoms with Gasteiger partial charge >= 0.3 is 0 Å². The number of nitrogens with zero attached hydrogens (tertiary/aromatic N) is 1. The second-order valence-electron chi connectivity index (χ2n) is 4.46. The molecule has 2 unspecified atom stereocenters. The molecular formula is C14H25NSi. The van der Waals surface area contributed by atoms with E-state index in [0.717, 1.165) is 5.54 Å². The van der Waals surface area contributed by atoms with Crippen LogP contribution in [0.5, 0.6) is 0 Å². The van der Waals surface area contributed by atoms with Crippen molar-refractivity contribution < 1.29 is 0 Å². The van der Waals surface area contributed by atoms with Crippen LogP contribution in [0.2, 0.25) is 5.54 Å². The minimum atomic E-state index is -0.968. The Morgan fingerprint density at radius 3 is 2.06 bits per heavy atom. The van der Waals surface area contributed by atoms with Gasteiger partial charge in [-0.2, -0.15) is 0 Å². The zero-order valence-electron chi connectivity index (χ0n) is 11.1. The van der Waals surface area contributed by atoms with Gasteiger partial charge in [0, 0.05) is 0 Å². The molecule has 0 spiro atoms. The Hall–Kier alpha value is -0.603. The highest BCUT2D eigenvalue weighted by molar-refractivity contribution is 6.72. The van der Waals surface area contributed by atoms with E-state index in [0.29, 0.717) is 0 Å². The molecule has 16 heavy (non-hydrogen) atoms. The van der Waals surface area contributed by atoms with Gasteiger partial charge in [-0.15, -0.1) is 0 Å². The summed E-state index contributed by atoms with van der Waals surface area (Å²) in [4.78, 5) is 0. The Morgan fingerprint density at radius 2 is 1.62 bits per heavy atom. The van der Waals surface area contributed by atoms with Crippen molar-refractivity contribution in [3.63, 3.8) is 0 Å². The van der Waals surface area contributed by atoms with Gasteiger partial charge < -0.3 is 4.57 Å². The maximum Gasteiger partial charge on any atom is 0.146 e. The van der Waals surface area contributed by atoms with E-state index < -0.39 is 8.96 Å². The lowest BCUT2D eigenvalue weighted by Crippen LogP contribution is -2.50. The lowest BCUT2D eigenvalue weighted by molar-refractivity contribution is 0.473. The Kier molecular flexibility index (Phi) is 5.78. The molecular weight excluding hydrogens is 210 g/mol. The Morgan fingerprint density at radius 1 is 1.06 bits per heavy atom. The van der Waals surface area contributed by atoms with Gasteiger partial charge in [0.25, 0.3) is 0 Å². The Balaban J connectivity index is 2.95. The summed E-state index contributed by atoms with van der Waals surface area (Å²) in [5, 5.41) is 1.60. The molecule has 2 heteroatoms. The van der Waals surface area contributed by atoms with Gasteiger partial charge in [-0.25, -0.2) is 0 Å². The van der Waals surface area contributed by atoms with Crippen LogP contribution in [0.1, 0.15) is 34.1 Å². The molecule has 0 saturated heterocycles. The van der Waals surface area contributed by atoms with Crippen LogP contribution in [0.3, 0.4) is 0 Å². The van der Waals surface area contributed by atoms with Crippen molar-refractivity contribution in [2.75, 3.05) is 13.1 Å². The summed E-state index contributed by atoms with van der Waals surface area (Å²) in [6.45, 7) is 11.7. The average Bonchev–Trinajstić information content (AvgIpc) is 2.36. The van der Waals surface area contributed by atoms with Gasteiger partial charge in [0.05, 0.1) is 0 Å². The topological polar surface area (TPSA) is 3.24 Å². The molecule has 0 aromatic heterocycles. The molecule has 2 atom stereocenters. The molecule has 0 radical (unpaired) electrons.